The zero-order chi connectivity index (χ0) is 12.4. The molecule has 0 bridgehead atoms. The molecule has 0 aromatic carbocycles. The van der Waals surface area contributed by atoms with Crippen molar-refractivity contribution < 1.29 is 19.4 Å². The van der Waals surface area contributed by atoms with Crippen LogP contribution in [-0.4, -0.2) is 29.3 Å². The third-order valence-electron chi connectivity index (χ3n) is 2.65. The number of nitrogens with zero attached hydrogens (tertiary/aromatic N) is 1. The fourth-order valence-corrected chi connectivity index (χ4v) is 2.90. The molecule has 2 rings (SSSR count). The molecule has 92 valence electrons. The van der Waals surface area contributed by atoms with E-state index in [-0.39, 0.29) is 0 Å². The Kier molecular flexibility index (Phi) is 3.28. The maximum Gasteiger partial charge on any atom is 0.413 e. The van der Waals surface area contributed by atoms with Crippen LogP contribution in [0.15, 0.2) is 0 Å². The Bertz CT molecular complexity index is 457. The summed E-state index contributed by atoms with van der Waals surface area (Å²) in [5.41, 5.74) is 0.583. The van der Waals surface area contributed by atoms with E-state index < -0.39 is 18.0 Å². The van der Waals surface area contributed by atoms with E-state index in [1.54, 1.807) is 0 Å². The Labute approximate surface area is 102 Å². The smallest absolute Gasteiger partial charge is 0.413 e. The number of aliphatic carboxylic acids is 1. The summed E-state index contributed by atoms with van der Waals surface area (Å²) in [4.78, 5) is 27.2. The largest absolute Gasteiger partial charge is 0.481 e. The molecule has 1 aromatic rings. The molecule has 0 spiro atoms. The summed E-state index contributed by atoms with van der Waals surface area (Å²) in [5.74, 6) is -1.41. The first kappa shape index (κ1) is 11.8. The monoisotopic (exact) mass is 256 g/mol. The van der Waals surface area contributed by atoms with Crippen molar-refractivity contribution >= 4 is 28.5 Å². The summed E-state index contributed by atoms with van der Waals surface area (Å²) in [5, 5.41) is 11.9. The highest BCUT2D eigenvalue weighted by molar-refractivity contribution is 7.15. The number of thiazole rings is 1. The van der Waals surface area contributed by atoms with Crippen molar-refractivity contribution in [2.75, 3.05) is 12.4 Å². The number of amides is 1. The number of carboxylic acids is 1. The summed E-state index contributed by atoms with van der Waals surface area (Å²) in [7, 11) is 1.27. The number of carbonyl (C=O) groups is 2. The zero-order valence-corrected chi connectivity index (χ0v) is 10.0. The van der Waals surface area contributed by atoms with Crippen molar-refractivity contribution in [2.45, 2.75) is 25.2 Å². The maximum atomic E-state index is 11.1. The molecule has 1 aliphatic carbocycles. The van der Waals surface area contributed by atoms with Gasteiger partial charge in [-0.05, 0) is 19.3 Å². The highest BCUT2D eigenvalue weighted by atomic mass is 32.1. The number of rotatable bonds is 2. The second-order valence-corrected chi connectivity index (χ2v) is 4.81. The number of methoxy groups -OCH3 is 1. The Morgan fingerprint density at radius 3 is 3.00 bits per heavy atom. The molecule has 2 N–H and O–H groups in total. The normalized spacial score (nSPS) is 18.3. The molecular formula is C10H12N2O4S. The van der Waals surface area contributed by atoms with Gasteiger partial charge >= 0.3 is 12.1 Å². The maximum absolute atomic E-state index is 11.1. The average Bonchev–Trinajstić information content (AvgIpc) is 2.70. The van der Waals surface area contributed by atoms with Gasteiger partial charge in [0, 0.05) is 4.88 Å². The van der Waals surface area contributed by atoms with E-state index in [1.807, 2.05) is 0 Å². The standard InChI is InChI=1S/C10H12N2O4S/c1-16-10(15)12-9-11-7-5(8(13)14)3-2-4-6(7)17-9/h5H,2-4H2,1H3,(H,13,14)(H,11,12,15). The number of ether oxygens (including phenoxy) is 1. The Hall–Kier alpha value is -1.63. The van der Waals surface area contributed by atoms with E-state index in [2.05, 4.69) is 15.0 Å². The first-order valence-electron chi connectivity index (χ1n) is 5.19. The van der Waals surface area contributed by atoms with Gasteiger partial charge in [-0.1, -0.05) is 0 Å². The summed E-state index contributed by atoms with van der Waals surface area (Å²) in [6, 6.07) is 0. The van der Waals surface area contributed by atoms with Crippen LogP contribution in [0.4, 0.5) is 9.93 Å². The number of aryl methyl sites for hydroxylation is 1. The average molecular weight is 256 g/mol. The fraction of sp³-hybridized carbons (Fsp3) is 0.500. The lowest BCUT2D eigenvalue weighted by Gasteiger charge is -2.16. The first-order valence-corrected chi connectivity index (χ1v) is 6.01. The number of aromatic nitrogens is 1. The molecule has 1 amide bonds. The van der Waals surface area contributed by atoms with Crippen molar-refractivity contribution in [3.8, 4) is 0 Å². The van der Waals surface area contributed by atoms with E-state index in [0.29, 0.717) is 17.2 Å². The second-order valence-electron chi connectivity index (χ2n) is 3.73. The first-order chi connectivity index (χ1) is 8.11. The van der Waals surface area contributed by atoms with Crippen LogP contribution in [0, 0.1) is 0 Å². The number of hydrogen-bond acceptors (Lipinski definition) is 5. The molecule has 1 atom stereocenters. The van der Waals surface area contributed by atoms with Crippen LogP contribution >= 0.6 is 11.3 Å². The summed E-state index contributed by atoms with van der Waals surface area (Å²) in [6.45, 7) is 0. The van der Waals surface area contributed by atoms with Crippen molar-refractivity contribution in [1.82, 2.24) is 4.98 Å². The molecule has 0 aliphatic heterocycles. The van der Waals surface area contributed by atoms with E-state index in [0.717, 1.165) is 17.7 Å². The Morgan fingerprint density at radius 1 is 1.59 bits per heavy atom. The van der Waals surface area contributed by atoms with Gasteiger partial charge in [0.25, 0.3) is 0 Å². The molecule has 6 nitrogen and oxygen atoms in total. The van der Waals surface area contributed by atoms with Crippen LogP contribution in [0.25, 0.3) is 0 Å². The van der Waals surface area contributed by atoms with Crippen LogP contribution in [0.5, 0.6) is 0 Å². The molecule has 1 aromatic heterocycles. The third kappa shape index (κ3) is 2.38. The van der Waals surface area contributed by atoms with Crippen molar-refractivity contribution in [3.63, 3.8) is 0 Å². The molecule has 1 aliphatic rings. The molecule has 0 saturated heterocycles. The minimum absolute atomic E-state index is 0.398. The predicted molar refractivity (Wildman–Crippen MR) is 61.5 cm³/mol. The van der Waals surface area contributed by atoms with E-state index in [1.165, 1.54) is 18.4 Å². The van der Waals surface area contributed by atoms with Gasteiger partial charge in [0.2, 0.25) is 0 Å². The van der Waals surface area contributed by atoms with Crippen LogP contribution in [0.3, 0.4) is 0 Å². The van der Waals surface area contributed by atoms with E-state index in [9.17, 15) is 9.59 Å². The third-order valence-corrected chi connectivity index (χ3v) is 3.69. The van der Waals surface area contributed by atoms with Gasteiger partial charge in [0.15, 0.2) is 5.13 Å². The molecule has 1 unspecified atom stereocenters. The number of anilines is 1. The molecule has 0 saturated carbocycles. The van der Waals surface area contributed by atoms with Gasteiger partial charge in [0.05, 0.1) is 12.8 Å². The van der Waals surface area contributed by atoms with Gasteiger partial charge in [-0.2, -0.15) is 0 Å². The highest BCUT2D eigenvalue weighted by Crippen LogP contribution is 2.36. The van der Waals surface area contributed by atoms with Gasteiger partial charge in [-0.3, -0.25) is 10.1 Å². The highest BCUT2D eigenvalue weighted by Gasteiger charge is 2.30. The number of hydrogen-bond donors (Lipinski definition) is 2. The lowest BCUT2D eigenvalue weighted by molar-refractivity contribution is -0.139. The minimum atomic E-state index is -0.860. The topological polar surface area (TPSA) is 88.5 Å². The number of nitrogens with one attached hydrogen (secondary N) is 1. The van der Waals surface area contributed by atoms with Crippen molar-refractivity contribution in [3.05, 3.63) is 10.6 Å². The summed E-state index contributed by atoms with van der Waals surface area (Å²) >= 11 is 1.31. The SMILES string of the molecule is COC(=O)Nc1nc2c(s1)CCCC2C(=O)O. The van der Waals surface area contributed by atoms with Gasteiger partial charge < -0.3 is 9.84 Å². The van der Waals surface area contributed by atoms with Crippen molar-refractivity contribution in [1.29, 1.82) is 0 Å². The Balaban J connectivity index is 2.24. The second kappa shape index (κ2) is 4.70. The molecule has 0 radical (unpaired) electrons. The molecule has 17 heavy (non-hydrogen) atoms. The lowest BCUT2D eigenvalue weighted by atomic mass is 9.91. The van der Waals surface area contributed by atoms with Crippen LogP contribution in [0.1, 0.15) is 29.3 Å². The predicted octanol–water partition coefficient (Wildman–Crippen LogP) is 1.83. The lowest BCUT2D eigenvalue weighted by Crippen LogP contribution is -2.17. The van der Waals surface area contributed by atoms with Crippen LogP contribution in [-0.2, 0) is 16.0 Å². The molecular weight excluding hydrogens is 244 g/mol. The van der Waals surface area contributed by atoms with Crippen LogP contribution < -0.4 is 5.32 Å². The Morgan fingerprint density at radius 2 is 2.35 bits per heavy atom. The summed E-state index contributed by atoms with van der Waals surface area (Å²) in [6.07, 6.45) is 1.66. The van der Waals surface area contributed by atoms with E-state index >= 15 is 0 Å². The quantitative estimate of drug-likeness (QED) is 0.842. The van der Waals surface area contributed by atoms with Crippen molar-refractivity contribution in [2.24, 2.45) is 0 Å². The van der Waals surface area contributed by atoms with Gasteiger partial charge in [-0.15, -0.1) is 11.3 Å². The molecule has 1 heterocycles. The summed E-state index contributed by atoms with van der Waals surface area (Å²) < 4.78 is 4.46. The van der Waals surface area contributed by atoms with Gasteiger partial charge in [0.1, 0.15) is 5.92 Å². The molecule has 0 fully saturated rings. The number of carboxylic acid groups (broad SMARTS) is 1. The zero-order valence-electron chi connectivity index (χ0n) is 9.23. The number of fused-ring (bicyclic) bond motifs is 1. The van der Waals surface area contributed by atoms with Gasteiger partial charge in [-0.25, -0.2) is 9.78 Å². The van der Waals surface area contributed by atoms with Crippen LogP contribution in [0.2, 0.25) is 0 Å². The minimum Gasteiger partial charge on any atom is -0.481 e. The fourth-order valence-electron chi connectivity index (χ4n) is 1.85. The van der Waals surface area contributed by atoms with E-state index in [4.69, 9.17) is 5.11 Å². The number of carbonyl (C=O) groups excluding carboxylic acids is 1. The molecule has 7 heteroatoms.